The van der Waals surface area contributed by atoms with Gasteiger partial charge in [-0.05, 0) is 25.2 Å². The van der Waals surface area contributed by atoms with Crippen LogP contribution in [0.25, 0.3) is 0 Å². The molecule has 0 fully saturated rings. The fourth-order valence-corrected chi connectivity index (χ4v) is 1.57. The summed E-state index contributed by atoms with van der Waals surface area (Å²) in [5.74, 6) is -0.242. The maximum atomic E-state index is 11.5. The third-order valence-electron chi connectivity index (χ3n) is 2.05. The van der Waals surface area contributed by atoms with Crippen molar-refractivity contribution < 1.29 is 9.53 Å². The molecule has 15 heavy (non-hydrogen) atoms. The SMILES string of the molecule is C=C(CCC)C(=O)OC(C)CC(C)(C)C. The molecule has 0 saturated heterocycles. The Morgan fingerprint density at radius 3 is 2.33 bits per heavy atom. The van der Waals surface area contributed by atoms with Crippen molar-refractivity contribution in [3.05, 3.63) is 12.2 Å². The van der Waals surface area contributed by atoms with Gasteiger partial charge in [0, 0.05) is 5.57 Å². The highest BCUT2D eigenvalue weighted by Crippen LogP contribution is 2.22. The molecule has 0 amide bonds. The molecular formula is C13H24O2. The minimum atomic E-state index is -0.242. The zero-order valence-electron chi connectivity index (χ0n) is 10.7. The van der Waals surface area contributed by atoms with Gasteiger partial charge in [-0.25, -0.2) is 4.79 Å². The zero-order chi connectivity index (χ0) is 12.1. The van der Waals surface area contributed by atoms with Crippen molar-refractivity contribution >= 4 is 5.97 Å². The Morgan fingerprint density at radius 2 is 1.93 bits per heavy atom. The summed E-state index contributed by atoms with van der Waals surface area (Å²) in [7, 11) is 0. The van der Waals surface area contributed by atoms with Crippen LogP contribution in [-0.4, -0.2) is 12.1 Å². The Labute approximate surface area is 93.7 Å². The standard InChI is InChI=1S/C13H24O2/c1-7-8-10(2)12(14)15-11(3)9-13(4,5)6/h11H,2,7-9H2,1,3-6H3. The number of ether oxygens (including phenoxy) is 1. The van der Waals surface area contributed by atoms with Crippen molar-refractivity contribution in [2.24, 2.45) is 5.41 Å². The largest absolute Gasteiger partial charge is 0.459 e. The second kappa shape index (κ2) is 5.94. The van der Waals surface area contributed by atoms with E-state index in [4.69, 9.17) is 4.74 Å². The molecule has 0 aromatic rings. The molecule has 0 saturated carbocycles. The van der Waals surface area contributed by atoms with Crippen LogP contribution in [0.3, 0.4) is 0 Å². The molecule has 0 aromatic heterocycles. The minimum absolute atomic E-state index is 0.0360. The lowest BCUT2D eigenvalue weighted by Crippen LogP contribution is -2.21. The highest BCUT2D eigenvalue weighted by molar-refractivity contribution is 5.87. The molecule has 0 bridgehead atoms. The number of carbonyl (C=O) groups excluding carboxylic acids is 1. The van der Waals surface area contributed by atoms with Crippen LogP contribution in [0.2, 0.25) is 0 Å². The highest BCUT2D eigenvalue weighted by atomic mass is 16.5. The lowest BCUT2D eigenvalue weighted by molar-refractivity contribution is -0.144. The summed E-state index contributed by atoms with van der Waals surface area (Å²) in [5.41, 5.74) is 0.768. The average Bonchev–Trinajstić information content (AvgIpc) is 2.00. The fraction of sp³-hybridized carbons (Fsp3) is 0.769. The number of hydrogen-bond acceptors (Lipinski definition) is 2. The normalized spacial score (nSPS) is 13.4. The van der Waals surface area contributed by atoms with Crippen LogP contribution in [0.5, 0.6) is 0 Å². The number of carbonyl (C=O) groups is 1. The molecular weight excluding hydrogens is 188 g/mol. The predicted molar refractivity (Wildman–Crippen MR) is 63.7 cm³/mol. The van der Waals surface area contributed by atoms with Crippen LogP contribution in [0.1, 0.15) is 53.9 Å². The van der Waals surface area contributed by atoms with Crippen molar-refractivity contribution in [2.75, 3.05) is 0 Å². The maximum Gasteiger partial charge on any atom is 0.333 e. The van der Waals surface area contributed by atoms with Crippen molar-refractivity contribution in [3.8, 4) is 0 Å². The van der Waals surface area contributed by atoms with Gasteiger partial charge in [-0.2, -0.15) is 0 Å². The van der Waals surface area contributed by atoms with E-state index in [0.29, 0.717) is 5.57 Å². The molecule has 2 nitrogen and oxygen atoms in total. The Morgan fingerprint density at radius 1 is 1.40 bits per heavy atom. The van der Waals surface area contributed by atoms with Crippen molar-refractivity contribution in [2.45, 2.75) is 60.0 Å². The predicted octanol–water partition coefficient (Wildman–Crippen LogP) is 3.71. The minimum Gasteiger partial charge on any atom is -0.459 e. The Kier molecular flexibility index (Phi) is 5.63. The second-order valence-corrected chi connectivity index (χ2v) is 5.33. The van der Waals surface area contributed by atoms with Crippen molar-refractivity contribution in [1.82, 2.24) is 0 Å². The Bertz CT molecular complexity index is 223. The van der Waals surface area contributed by atoms with Gasteiger partial charge in [-0.3, -0.25) is 0 Å². The van der Waals surface area contributed by atoms with Crippen molar-refractivity contribution in [3.63, 3.8) is 0 Å². The van der Waals surface area contributed by atoms with E-state index in [1.807, 2.05) is 13.8 Å². The first-order valence-corrected chi connectivity index (χ1v) is 5.65. The van der Waals surface area contributed by atoms with Gasteiger partial charge in [-0.15, -0.1) is 0 Å². The van der Waals surface area contributed by atoms with E-state index >= 15 is 0 Å². The van der Waals surface area contributed by atoms with E-state index in [9.17, 15) is 4.79 Å². The first-order chi connectivity index (χ1) is 6.76. The molecule has 88 valence electrons. The van der Waals surface area contributed by atoms with Crippen LogP contribution in [0.15, 0.2) is 12.2 Å². The monoisotopic (exact) mass is 212 g/mol. The third-order valence-corrected chi connectivity index (χ3v) is 2.05. The van der Waals surface area contributed by atoms with Crippen LogP contribution in [0, 0.1) is 5.41 Å². The van der Waals surface area contributed by atoms with E-state index < -0.39 is 0 Å². The summed E-state index contributed by atoms with van der Waals surface area (Å²) in [6.07, 6.45) is 2.49. The van der Waals surface area contributed by atoms with E-state index in [1.165, 1.54) is 0 Å². The molecule has 0 N–H and O–H groups in total. The van der Waals surface area contributed by atoms with E-state index in [2.05, 4.69) is 27.4 Å². The third kappa shape index (κ3) is 7.18. The second-order valence-electron chi connectivity index (χ2n) is 5.33. The van der Waals surface area contributed by atoms with Gasteiger partial charge in [0.15, 0.2) is 0 Å². The number of esters is 1. The fourth-order valence-electron chi connectivity index (χ4n) is 1.57. The van der Waals surface area contributed by atoms with E-state index in [-0.39, 0.29) is 17.5 Å². The summed E-state index contributed by atoms with van der Waals surface area (Å²) < 4.78 is 5.30. The van der Waals surface area contributed by atoms with E-state index in [1.54, 1.807) is 0 Å². The quantitative estimate of drug-likeness (QED) is 0.513. The van der Waals surface area contributed by atoms with Crippen LogP contribution in [0.4, 0.5) is 0 Å². The molecule has 1 unspecified atom stereocenters. The summed E-state index contributed by atoms with van der Waals surface area (Å²) in [6, 6.07) is 0. The molecule has 0 radical (unpaired) electrons. The smallest absolute Gasteiger partial charge is 0.333 e. The summed E-state index contributed by atoms with van der Waals surface area (Å²) in [4.78, 5) is 11.5. The van der Waals surface area contributed by atoms with Crippen LogP contribution in [-0.2, 0) is 9.53 Å². The van der Waals surface area contributed by atoms with Crippen molar-refractivity contribution in [1.29, 1.82) is 0 Å². The lowest BCUT2D eigenvalue weighted by Gasteiger charge is -2.23. The average molecular weight is 212 g/mol. The molecule has 0 aliphatic rings. The topological polar surface area (TPSA) is 26.3 Å². The van der Waals surface area contributed by atoms with E-state index in [0.717, 1.165) is 19.3 Å². The molecule has 0 aliphatic carbocycles. The molecule has 0 aliphatic heterocycles. The van der Waals surface area contributed by atoms with Gasteiger partial charge in [0.2, 0.25) is 0 Å². The van der Waals surface area contributed by atoms with Gasteiger partial charge in [0.25, 0.3) is 0 Å². The van der Waals surface area contributed by atoms with Crippen LogP contribution < -0.4 is 0 Å². The van der Waals surface area contributed by atoms with Gasteiger partial charge in [0.05, 0.1) is 6.10 Å². The molecule has 1 atom stereocenters. The van der Waals surface area contributed by atoms with Gasteiger partial charge >= 0.3 is 5.97 Å². The number of hydrogen-bond donors (Lipinski definition) is 0. The maximum absolute atomic E-state index is 11.5. The molecule has 0 heterocycles. The lowest BCUT2D eigenvalue weighted by atomic mass is 9.90. The first-order valence-electron chi connectivity index (χ1n) is 5.65. The summed E-state index contributed by atoms with van der Waals surface area (Å²) in [5, 5.41) is 0. The molecule has 0 rings (SSSR count). The Hall–Kier alpha value is -0.790. The molecule has 0 aromatic carbocycles. The van der Waals surface area contributed by atoms with Crippen LogP contribution >= 0.6 is 0 Å². The molecule has 2 heteroatoms. The summed E-state index contributed by atoms with van der Waals surface area (Å²) in [6.45, 7) is 14.1. The number of rotatable bonds is 5. The van der Waals surface area contributed by atoms with Gasteiger partial charge in [-0.1, -0.05) is 40.7 Å². The summed E-state index contributed by atoms with van der Waals surface area (Å²) >= 11 is 0. The van der Waals surface area contributed by atoms with Gasteiger partial charge in [0.1, 0.15) is 0 Å². The zero-order valence-corrected chi connectivity index (χ0v) is 10.7. The Balaban J connectivity index is 4.02. The van der Waals surface area contributed by atoms with Gasteiger partial charge < -0.3 is 4.74 Å². The highest BCUT2D eigenvalue weighted by Gasteiger charge is 2.19. The molecule has 0 spiro atoms. The first kappa shape index (κ1) is 14.2.